The molecule has 0 bridgehead atoms. The minimum atomic E-state index is -3.23. The number of hydrogen-bond donors (Lipinski definition) is 1. The summed E-state index contributed by atoms with van der Waals surface area (Å²) in [4.78, 5) is 12.6. The summed E-state index contributed by atoms with van der Waals surface area (Å²) in [6.45, 7) is 8.50. The normalized spacial score (nSPS) is 20.6. The molecule has 134 valence electrons. The fraction of sp³-hybridized carbons (Fsp3) is 0.611. The zero-order chi connectivity index (χ0) is 17.9. The molecule has 1 N–H and O–H groups in total. The fourth-order valence-electron chi connectivity index (χ4n) is 3.23. The van der Waals surface area contributed by atoms with Gasteiger partial charge in [0.15, 0.2) is 0 Å². The van der Waals surface area contributed by atoms with Crippen molar-refractivity contribution in [3.63, 3.8) is 0 Å². The number of carbonyl (C=O) groups is 1. The van der Waals surface area contributed by atoms with E-state index in [0.717, 1.165) is 29.5 Å². The van der Waals surface area contributed by atoms with E-state index < -0.39 is 10.0 Å². The maximum Gasteiger partial charge on any atom is 0.224 e. The molecule has 0 spiro atoms. The molecule has 0 unspecified atom stereocenters. The molecule has 1 aliphatic heterocycles. The summed E-state index contributed by atoms with van der Waals surface area (Å²) in [5.74, 6) is -0.243. The average molecular weight is 353 g/mol. The van der Waals surface area contributed by atoms with Crippen LogP contribution in [-0.2, 0) is 14.8 Å². The molecule has 1 amide bonds. The third kappa shape index (κ3) is 4.36. The lowest BCUT2D eigenvalue weighted by Gasteiger charge is -2.31. The summed E-state index contributed by atoms with van der Waals surface area (Å²) in [6, 6.07) is 6.12. The Kier molecular flexibility index (Phi) is 6.04. The second-order valence-corrected chi connectivity index (χ2v) is 8.95. The first-order valence-electron chi connectivity index (χ1n) is 8.60. The SMILES string of the molecule is CCS(=O)(=O)N1CCC[C@H](C(=O)N[C@@H](C)c2cc(C)ccc2C)C1. The number of benzene rings is 1. The Labute approximate surface area is 145 Å². The number of rotatable bonds is 5. The molecular formula is C18H28N2O3S. The molecule has 0 aromatic heterocycles. The molecular weight excluding hydrogens is 324 g/mol. The van der Waals surface area contributed by atoms with Crippen molar-refractivity contribution >= 4 is 15.9 Å². The quantitative estimate of drug-likeness (QED) is 0.885. The smallest absolute Gasteiger partial charge is 0.224 e. The lowest BCUT2D eigenvalue weighted by Crippen LogP contribution is -2.46. The van der Waals surface area contributed by atoms with Gasteiger partial charge < -0.3 is 5.32 Å². The lowest BCUT2D eigenvalue weighted by molar-refractivity contribution is -0.126. The minimum absolute atomic E-state index is 0.0561. The van der Waals surface area contributed by atoms with Crippen LogP contribution in [0, 0.1) is 19.8 Å². The van der Waals surface area contributed by atoms with Gasteiger partial charge in [0.05, 0.1) is 17.7 Å². The van der Waals surface area contributed by atoms with E-state index in [9.17, 15) is 13.2 Å². The van der Waals surface area contributed by atoms with Gasteiger partial charge in [-0.25, -0.2) is 12.7 Å². The van der Waals surface area contributed by atoms with Crippen molar-refractivity contribution in [2.75, 3.05) is 18.8 Å². The van der Waals surface area contributed by atoms with Gasteiger partial charge in [0.25, 0.3) is 0 Å². The Hall–Kier alpha value is -1.40. The molecule has 1 saturated heterocycles. The van der Waals surface area contributed by atoms with Gasteiger partial charge in [-0.2, -0.15) is 0 Å². The predicted molar refractivity (Wildman–Crippen MR) is 96.2 cm³/mol. The highest BCUT2D eigenvalue weighted by Gasteiger charge is 2.31. The topological polar surface area (TPSA) is 66.5 Å². The second-order valence-electron chi connectivity index (χ2n) is 6.69. The van der Waals surface area contributed by atoms with Crippen LogP contribution in [0.3, 0.4) is 0 Å². The summed E-state index contributed by atoms with van der Waals surface area (Å²) in [5, 5.41) is 3.06. The summed E-state index contributed by atoms with van der Waals surface area (Å²) in [6.07, 6.45) is 1.47. The standard InChI is InChI=1S/C18H28N2O3S/c1-5-24(22,23)20-10-6-7-16(12-20)18(21)19-15(4)17-11-13(2)8-9-14(17)3/h8-9,11,15-16H,5-7,10,12H2,1-4H3,(H,19,21)/t15-,16-/m0/s1. The van der Waals surface area contributed by atoms with E-state index in [1.807, 2.05) is 20.8 Å². The number of carbonyl (C=O) groups excluding carboxylic acids is 1. The van der Waals surface area contributed by atoms with Gasteiger partial charge in [-0.05, 0) is 51.7 Å². The summed E-state index contributed by atoms with van der Waals surface area (Å²) < 4.78 is 25.5. The van der Waals surface area contributed by atoms with Crippen molar-refractivity contribution in [1.29, 1.82) is 0 Å². The minimum Gasteiger partial charge on any atom is -0.349 e. The highest BCUT2D eigenvalue weighted by atomic mass is 32.2. The van der Waals surface area contributed by atoms with E-state index in [0.29, 0.717) is 13.1 Å². The van der Waals surface area contributed by atoms with Crippen molar-refractivity contribution in [1.82, 2.24) is 9.62 Å². The average Bonchev–Trinajstić information content (AvgIpc) is 2.57. The van der Waals surface area contributed by atoms with Gasteiger partial charge in [0, 0.05) is 13.1 Å². The van der Waals surface area contributed by atoms with Gasteiger partial charge in [0.2, 0.25) is 15.9 Å². The fourth-order valence-corrected chi connectivity index (χ4v) is 4.41. The third-order valence-corrected chi connectivity index (χ3v) is 6.62. The van der Waals surface area contributed by atoms with Crippen LogP contribution in [0.25, 0.3) is 0 Å². The first-order valence-corrected chi connectivity index (χ1v) is 10.2. The van der Waals surface area contributed by atoms with E-state index in [1.54, 1.807) is 6.92 Å². The van der Waals surface area contributed by atoms with E-state index in [-0.39, 0.29) is 23.6 Å². The number of amides is 1. The van der Waals surface area contributed by atoms with Gasteiger partial charge in [-0.3, -0.25) is 4.79 Å². The van der Waals surface area contributed by atoms with Gasteiger partial charge >= 0.3 is 0 Å². The molecule has 0 radical (unpaired) electrons. The molecule has 1 aromatic carbocycles. The first-order chi connectivity index (χ1) is 11.2. The van der Waals surface area contributed by atoms with Crippen LogP contribution in [0.1, 0.15) is 49.4 Å². The number of nitrogens with one attached hydrogen (secondary N) is 1. The summed E-state index contributed by atoms with van der Waals surface area (Å²) >= 11 is 0. The van der Waals surface area contributed by atoms with Crippen LogP contribution in [0.2, 0.25) is 0 Å². The van der Waals surface area contributed by atoms with Crippen LogP contribution < -0.4 is 5.32 Å². The number of piperidine rings is 1. The molecule has 6 heteroatoms. The number of sulfonamides is 1. The van der Waals surface area contributed by atoms with Gasteiger partial charge in [0.1, 0.15) is 0 Å². The van der Waals surface area contributed by atoms with Crippen molar-refractivity contribution in [2.24, 2.45) is 5.92 Å². The van der Waals surface area contributed by atoms with Crippen molar-refractivity contribution in [3.05, 3.63) is 34.9 Å². The number of nitrogens with zero attached hydrogens (tertiary/aromatic N) is 1. The van der Waals surface area contributed by atoms with Gasteiger partial charge in [-0.1, -0.05) is 23.8 Å². The molecule has 0 saturated carbocycles. The van der Waals surface area contributed by atoms with Gasteiger partial charge in [-0.15, -0.1) is 0 Å². The van der Waals surface area contributed by atoms with Crippen LogP contribution in [0.15, 0.2) is 18.2 Å². The van der Waals surface area contributed by atoms with Crippen molar-refractivity contribution in [2.45, 2.75) is 46.6 Å². The Morgan fingerprint density at radius 1 is 1.38 bits per heavy atom. The van der Waals surface area contributed by atoms with E-state index in [2.05, 4.69) is 23.5 Å². The van der Waals surface area contributed by atoms with Crippen LogP contribution in [-0.4, -0.2) is 37.5 Å². The summed E-state index contributed by atoms with van der Waals surface area (Å²) in [5.41, 5.74) is 3.42. The molecule has 24 heavy (non-hydrogen) atoms. The predicted octanol–water partition coefficient (Wildman–Crippen LogP) is 2.54. The zero-order valence-electron chi connectivity index (χ0n) is 15.0. The second kappa shape index (κ2) is 7.66. The summed E-state index contributed by atoms with van der Waals surface area (Å²) in [7, 11) is -3.23. The Morgan fingerprint density at radius 2 is 2.08 bits per heavy atom. The first kappa shape index (κ1) is 18.9. The van der Waals surface area contributed by atoms with Crippen LogP contribution in [0.5, 0.6) is 0 Å². The Balaban J connectivity index is 2.05. The zero-order valence-corrected chi connectivity index (χ0v) is 15.8. The Morgan fingerprint density at radius 3 is 2.75 bits per heavy atom. The maximum atomic E-state index is 12.6. The van der Waals surface area contributed by atoms with E-state index in [4.69, 9.17) is 0 Å². The third-order valence-electron chi connectivity index (χ3n) is 4.77. The highest BCUT2D eigenvalue weighted by Crippen LogP contribution is 2.23. The maximum absolute atomic E-state index is 12.6. The van der Waals surface area contributed by atoms with E-state index >= 15 is 0 Å². The Bertz CT molecular complexity index is 700. The largest absolute Gasteiger partial charge is 0.349 e. The van der Waals surface area contributed by atoms with Crippen molar-refractivity contribution in [3.8, 4) is 0 Å². The molecule has 2 atom stereocenters. The molecule has 2 rings (SSSR count). The van der Waals surface area contributed by atoms with Crippen LogP contribution >= 0.6 is 0 Å². The highest BCUT2D eigenvalue weighted by molar-refractivity contribution is 7.89. The lowest BCUT2D eigenvalue weighted by atomic mass is 9.96. The molecule has 1 heterocycles. The molecule has 1 fully saturated rings. The van der Waals surface area contributed by atoms with Crippen molar-refractivity contribution < 1.29 is 13.2 Å². The van der Waals surface area contributed by atoms with Crippen LogP contribution in [0.4, 0.5) is 0 Å². The monoisotopic (exact) mass is 352 g/mol. The number of aryl methyl sites for hydroxylation is 2. The molecule has 5 nitrogen and oxygen atoms in total. The molecule has 1 aliphatic rings. The molecule has 0 aliphatic carbocycles. The molecule has 1 aromatic rings. The van der Waals surface area contributed by atoms with E-state index in [1.165, 1.54) is 4.31 Å². The number of hydrogen-bond acceptors (Lipinski definition) is 3.